The molecule has 0 radical (unpaired) electrons. The second-order valence-corrected chi connectivity index (χ2v) is 5.69. The number of aromatic hydroxyl groups is 1. The molecular formula is C18H12O4S. The molecule has 0 atom stereocenters. The Kier molecular flexibility index (Phi) is 4.30. The lowest BCUT2D eigenvalue weighted by Gasteiger charge is -2.03. The molecule has 0 bridgehead atoms. The smallest absolute Gasteiger partial charge is 0.351 e. The van der Waals surface area contributed by atoms with Crippen molar-refractivity contribution >= 4 is 28.5 Å². The number of fused-ring (bicyclic) bond motifs is 1. The highest BCUT2D eigenvalue weighted by molar-refractivity contribution is 8.02. The van der Waals surface area contributed by atoms with E-state index in [1.807, 2.05) is 30.3 Å². The molecule has 0 amide bonds. The van der Waals surface area contributed by atoms with Crippen LogP contribution in [0.5, 0.6) is 5.75 Å². The minimum atomic E-state index is -0.847. The Bertz CT molecular complexity index is 942. The lowest BCUT2D eigenvalue weighted by molar-refractivity contribution is 0.104. The van der Waals surface area contributed by atoms with E-state index in [0.29, 0.717) is 5.39 Å². The molecule has 0 aliphatic carbocycles. The van der Waals surface area contributed by atoms with E-state index >= 15 is 0 Å². The van der Waals surface area contributed by atoms with Crippen LogP contribution in [0.15, 0.2) is 80.2 Å². The summed E-state index contributed by atoms with van der Waals surface area (Å²) in [6.45, 7) is 0. The van der Waals surface area contributed by atoms with Gasteiger partial charge in [0.1, 0.15) is 16.9 Å². The molecular weight excluding hydrogens is 312 g/mol. The number of ketones is 1. The van der Waals surface area contributed by atoms with Crippen molar-refractivity contribution in [2.45, 2.75) is 4.90 Å². The number of carbonyl (C=O) groups excluding carboxylic acids is 1. The fraction of sp³-hybridized carbons (Fsp3) is 0. The largest absolute Gasteiger partial charge is 0.506 e. The summed E-state index contributed by atoms with van der Waals surface area (Å²) in [6.07, 6.45) is 1.25. The normalized spacial score (nSPS) is 11.1. The van der Waals surface area contributed by atoms with Gasteiger partial charge < -0.3 is 9.52 Å². The maximum atomic E-state index is 12.2. The highest BCUT2D eigenvalue weighted by Gasteiger charge is 2.18. The van der Waals surface area contributed by atoms with E-state index in [9.17, 15) is 14.7 Å². The lowest BCUT2D eigenvalue weighted by atomic mass is 10.1. The Morgan fingerprint density at radius 1 is 1.04 bits per heavy atom. The van der Waals surface area contributed by atoms with Crippen LogP contribution in [0.3, 0.4) is 0 Å². The van der Waals surface area contributed by atoms with Gasteiger partial charge in [-0.1, -0.05) is 42.1 Å². The fourth-order valence-corrected chi connectivity index (χ4v) is 2.77. The summed E-state index contributed by atoms with van der Waals surface area (Å²) in [5, 5.41) is 12.1. The number of benzene rings is 2. The average molecular weight is 324 g/mol. The predicted octanol–water partition coefficient (Wildman–Crippen LogP) is 3.99. The van der Waals surface area contributed by atoms with Gasteiger partial charge in [0.2, 0.25) is 0 Å². The van der Waals surface area contributed by atoms with Crippen LogP contribution in [-0.4, -0.2) is 10.9 Å². The summed E-state index contributed by atoms with van der Waals surface area (Å²) in [4.78, 5) is 25.1. The van der Waals surface area contributed by atoms with Crippen LogP contribution in [0.4, 0.5) is 0 Å². The number of hydrogen-bond donors (Lipinski definition) is 1. The minimum absolute atomic E-state index is 0.245. The van der Waals surface area contributed by atoms with Gasteiger partial charge in [0.15, 0.2) is 5.78 Å². The van der Waals surface area contributed by atoms with Crippen LogP contribution in [0.2, 0.25) is 0 Å². The monoisotopic (exact) mass is 324 g/mol. The first-order chi connectivity index (χ1) is 11.2. The van der Waals surface area contributed by atoms with E-state index < -0.39 is 11.4 Å². The second-order valence-electron chi connectivity index (χ2n) is 4.71. The number of rotatable bonds is 4. The molecule has 5 heteroatoms. The van der Waals surface area contributed by atoms with E-state index in [1.165, 1.54) is 17.8 Å². The van der Waals surface area contributed by atoms with Crippen molar-refractivity contribution in [1.82, 2.24) is 0 Å². The van der Waals surface area contributed by atoms with Crippen molar-refractivity contribution in [2.24, 2.45) is 0 Å². The molecule has 0 aliphatic rings. The molecule has 0 saturated carbocycles. The first-order valence-corrected chi connectivity index (χ1v) is 7.72. The molecule has 1 N–H and O–H groups in total. The molecule has 0 fully saturated rings. The van der Waals surface area contributed by atoms with Gasteiger partial charge in [0, 0.05) is 4.90 Å². The zero-order valence-corrected chi connectivity index (χ0v) is 12.7. The molecule has 3 rings (SSSR count). The third kappa shape index (κ3) is 3.19. The van der Waals surface area contributed by atoms with Gasteiger partial charge in [-0.3, -0.25) is 4.79 Å². The van der Waals surface area contributed by atoms with Crippen LogP contribution in [0, 0.1) is 0 Å². The second kappa shape index (κ2) is 6.54. The van der Waals surface area contributed by atoms with Crippen molar-refractivity contribution in [3.63, 3.8) is 0 Å². The summed E-state index contributed by atoms with van der Waals surface area (Å²) < 4.78 is 5.08. The molecule has 3 aromatic rings. The fourth-order valence-electron chi connectivity index (χ4n) is 2.11. The summed E-state index contributed by atoms with van der Waals surface area (Å²) in [5.41, 5.74) is -0.955. The Morgan fingerprint density at radius 2 is 1.74 bits per heavy atom. The Labute approximate surface area is 136 Å². The summed E-state index contributed by atoms with van der Waals surface area (Å²) in [5.74, 6) is -0.943. The topological polar surface area (TPSA) is 67.5 Å². The highest BCUT2D eigenvalue weighted by atomic mass is 32.2. The van der Waals surface area contributed by atoms with Gasteiger partial charge in [0.05, 0.1) is 5.39 Å². The molecule has 1 heterocycles. The maximum Gasteiger partial charge on any atom is 0.351 e. The van der Waals surface area contributed by atoms with Crippen LogP contribution < -0.4 is 5.63 Å². The summed E-state index contributed by atoms with van der Waals surface area (Å²) >= 11 is 1.34. The molecule has 0 unspecified atom stereocenters. The molecule has 0 aliphatic heterocycles. The van der Waals surface area contributed by atoms with Crippen LogP contribution in [0.1, 0.15) is 10.4 Å². The first kappa shape index (κ1) is 15.1. The quantitative estimate of drug-likeness (QED) is 0.340. The van der Waals surface area contributed by atoms with E-state index in [0.717, 1.165) is 4.90 Å². The van der Waals surface area contributed by atoms with Gasteiger partial charge in [0.25, 0.3) is 0 Å². The van der Waals surface area contributed by atoms with E-state index in [2.05, 4.69) is 0 Å². The first-order valence-electron chi connectivity index (χ1n) is 6.84. The average Bonchev–Trinajstić information content (AvgIpc) is 2.56. The molecule has 23 heavy (non-hydrogen) atoms. The van der Waals surface area contributed by atoms with Gasteiger partial charge in [-0.05, 0) is 35.7 Å². The third-order valence-electron chi connectivity index (χ3n) is 3.20. The molecule has 2 aromatic carbocycles. The molecule has 0 saturated heterocycles. The number of para-hydroxylation sites is 1. The molecule has 0 spiro atoms. The van der Waals surface area contributed by atoms with E-state index in [4.69, 9.17) is 4.42 Å². The predicted molar refractivity (Wildman–Crippen MR) is 89.9 cm³/mol. The SMILES string of the molecule is O=C(/C=C/Sc1ccccc1)c1c(O)c2ccccc2oc1=O. The number of thioether (sulfide) groups is 1. The molecule has 1 aromatic heterocycles. The van der Waals surface area contributed by atoms with Gasteiger partial charge in [-0.2, -0.15) is 0 Å². The van der Waals surface area contributed by atoms with Crippen molar-refractivity contribution in [3.8, 4) is 5.75 Å². The van der Waals surface area contributed by atoms with Crippen LogP contribution in [-0.2, 0) is 0 Å². The Morgan fingerprint density at radius 3 is 2.52 bits per heavy atom. The van der Waals surface area contributed by atoms with Gasteiger partial charge in [-0.15, -0.1) is 0 Å². The lowest BCUT2D eigenvalue weighted by Crippen LogP contribution is -2.12. The van der Waals surface area contributed by atoms with Crippen molar-refractivity contribution < 1.29 is 14.3 Å². The van der Waals surface area contributed by atoms with E-state index in [-0.39, 0.29) is 16.9 Å². The molecule has 114 valence electrons. The van der Waals surface area contributed by atoms with Gasteiger partial charge in [-0.25, -0.2) is 4.79 Å². The van der Waals surface area contributed by atoms with Crippen LogP contribution >= 0.6 is 11.8 Å². The number of hydrogen-bond acceptors (Lipinski definition) is 5. The summed E-state index contributed by atoms with van der Waals surface area (Å²) in [6, 6.07) is 16.0. The van der Waals surface area contributed by atoms with E-state index in [1.54, 1.807) is 29.7 Å². The third-order valence-corrected chi connectivity index (χ3v) is 4.02. The Hall–Kier alpha value is -2.79. The number of allylic oxidation sites excluding steroid dienone is 1. The zero-order valence-electron chi connectivity index (χ0n) is 11.9. The van der Waals surface area contributed by atoms with Crippen molar-refractivity contribution in [2.75, 3.05) is 0 Å². The standard InChI is InChI=1S/C18H12O4S/c19-14(10-11-23-12-6-2-1-3-7-12)16-17(20)13-8-4-5-9-15(13)22-18(16)21/h1-11,20H/b11-10+. The van der Waals surface area contributed by atoms with Crippen molar-refractivity contribution in [3.05, 3.63) is 82.1 Å². The Balaban J connectivity index is 1.90. The summed E-state index contributed by atoms with van der Waals surface area (Å²) in [7, 11) is 0. The minimum Gasteiger partial charge on any atom is -0.506 e. The van der Waals surface area contributed by atoms with Crippen LogP contribution in [0.25, 0.3) is 11.0 Å². The highest BCUT2D eigenvalue weighted by Crippen LogP contribution is 2.26. The maximum absolute atomic E-state index is 12.2. The zero-order chi connectivity index (χ0) is 16.2. The van der Waals surface area contributed by atoms with Gasteiger partial charge >= 0.3 is 5.63 Å². The van der Waals surface area contributed by atoms with Crippen molar-refractivity contribution in [1.29, 1.82) is 0 Å². The molecule has 4 nitrogen and oxygen atoms in total. The number of carbonyl (C=O) groups is 1.